The molecule has 0 unspecified atom stereocenters. The normalized spacial score (nSPS) is 12.2. The van der Waals surface area contributed by atoms with Crippen molar-refractivity contribution < 1.29 is 55.4 Å². The molecule has 0 spiro atoms. The average molecular weight is 733 g/mol. The number of aromatic nitrogens is 3. The molecule has 0 aliphatic rings. The Morgan fingerprint density at radius 3 is 2.22 bits per heavy atom. The summed E-state index contributed by atoms with van der Waals surface area (Å²) in [5.74, 6) is -1.46. The largest absolute Gasteiger partial charge is 0.455 e. The van der Waals surface area contributed by atoms with Crippen LogP contribution >= 0.6 is 24.1 Å². The fraction of sp³-hybridized carbons (Fsp3) is 0. The van der Waals surface area contributed by atoms with E-state index < -0.39 is 38.2 Å². The van der Waals surface area contributed by atoms with E-state index in [-0.39, 0.29) is 65.1 Å². The van der Waals surface area contributed by atoms with Crippen LogP contribution < -0.4 is 16.4 Å². The second-order valence-corrected chi connectivity index (χ2v) is 12.9. The molecule has 49 heavy (non-hydrogen) atoms. The van der Waals surface area contributed by atoms with E-state index in [2.05, 4.69) is 34.0 Å². The highest BCUT2D eigenvalue weighted by atomic mass is 32.2. The van der Waals surface area contributed by atoms with E-state index in [1.165, 1.54) is 48.5 Å². The quantitative estimate of drug-likeness (QED) is 0.0192. The highest BCUT2D eigenvalue weighted by Crippen LogP contribution is 2.42. The van der Waals surface area contributed by atoms with Crippen LogP contribution in [-0.2, 0) is 28.9 Å². The van der Waals surface area contributed by atoms with Gasteiger partial charge in [-0.25, -0.2) is 15.1 Å². The van der Waals surface area contributed by atoms with Gasteiger partial charge < -0.3 is 9.73 Å². The van der Waals surface area contributed by atoms with Crippen LogP contribution in [-0.4, -0.2) is 38.0 Å². The van der Waals surface area contributed by atoms with Gasteiger partial charge in [-0.05, 0) is 53.9 Å². The zero-order valence-corrected chi connectivity index (χ0v) is 26.1. The molecule has 16 nitrogen and oxygen atoms in total. The Labute approximate surface area is 277 Å². The zero-order valence-electron chi connectivity index (χ0n) is 23.6. The first-order chi connectivity index (χ1) is 23.5. The second kappa shape index (κ2) is 12.6. The van der Waals surface area contributed by atoms with Crippen LogP contribution in [0.5, 0.6) is 0 Å². The van der Waals surface area contributed by atoms with Crippen LogP contribution in [0.1, 0.15) is 0 Å². The Bertz CT molecular complexity index is 2670. The van der Waals surface area contributed by atoms with Crippen molar-refractivity contribution in [1.82, 2.24) is 14.5 Å². The first-order valence-corrected chi connectivity index (χ1v) is 16.1. The Morgan fingerprint density at radius 2 is 1.51 bits per heavy atom. The van der Waals surface area contributed by atoms with E-state index in [0.29, 0.717) is 29.5 Å². The molecular formula is C28H14F2N4O12S3. The molecule has 0 radical (unpaired) electrons. The first kappa shape index (κ1) is 32.7. The van der Waals surface area contributed by atoms with Crippen LogP contribution in [0.4, 0.5) is 20.3 Å². The van der Waals surface area contributed by atoms with Gasteiger partial charge in [0.2, 0.25) is 5.95 Å². The second-order valence-electron chi connectivity index (χ2n) is 9.95. The smallest absolute Gasteiger partial charge is 0.313 e. The molecule has 3 heterocycles. The molecule has 7 rings (SSSR count). The van der Waals surface area contributed by atoms with Crippen molar-refractivity contribution in [3.8, 4) is 5.69 Å². The maximum atomic E-state index is 14.2. The summed E-state index contributed by atoms with van der Waals surface area (Å²) >= 11 is 0.877. The number of hydrogen-bond acceptors (Lipinski definition) is 16. The van der Waals surface area contributed by atoms with E-state index in [0.717, 1.165) is 16.7 Å². The van der Waals surface area contributed by atoms with Gasteiger partial charge in [0.1, 0.15) is 11.4 Å². The monoisotopic (exact) mass is 732 g/mol. The van der Waals surface area contributed by atoms with Crippen LogP contribution in [0.25, 0.3) is 49.2 Å². The first-order valence-electron chi connectivity index (χ1n) is 13.2. The topological polar surface area (TPSA) is 222 Å². The van der Waals surface area contributed by atoms with E-state index >= 15 is 0 Å². The Morgan fingerprint density at radius 1 is 0.796 bits per heavy atom. The maximum absolute atomic E-state index is 14.2. The van der Waals surface area contributed by atoms with Crippen molar-refractivity contribution >= 4 is 89.2 Å². The SMILES string of the molecule is O=c1c2ccc3c4cc(S(=O)(=O)O)ccc4oc4c(SOOO)cc(c(=O)n1-c1ccc(Nc5cc(F)nc(F)n5)c(SOOO)c1)c2c43. The average Bonchev–Trinajstić information content (AvgIpc) is 3.06. The summed E-state index contributed by atoms with van der Waals surface area (Å²) in [5.41, 5.74) is -1.30. The molecule has 21 heteroatoms. The summed E-state index contributed by atoms with van der Waals surface area (Å²) in [6.45, 7) is 0. The predicted molar refractivity (Wildman–Crippen MR) is 168 cm³/mol. The van der Waals surface area contributed by atoms with Gasteiger partial charge in [-0.3, -0.25) is 14.1 Å². The lowest BCUT2D eigenvalue weighted by Crippen LogP contribution is -2.32. The number of anilines is 2. The van der Waals surface area contributed by atoms with E-state index in [1.54, 1.807) is 0 Å². The van der Waals surface area contributed by atoms with Crippen molar-refractivity contribution in [3.05, 3.63) is 93.4 Å². The van der Waals surface area contributed by atoms with Gasteiger partial charge in [0.25, 0.3) is 21.2 Å². The third-order valence-electron chi connectivity index (χ3n) is 7.28. The Hall–Kier alpha value is -4.81. The van der Waals surface area contributed by atoms with Crippen LogP contribution in [0, 0.1) is 12.0 Å². The van der Waals surface area contributed by atoms with Crippen LogP contribution in [0.2, 0.25) is 0 Å². The van der Waals surface area contributed by atoms with Gasteiger partial charge in [0.15, 0.2) is 5.58 Å². The van der Waals surface area contributed by atoms with Crippen molar-refractivity contribution in [2.45, 2.75) is 14.7 Å². The lowest BCUT2D eigenvalue weighted by molar-refractivity contribution is -0.432. The van der Waals surface area contributed by atoms with Gasteiger partial charge in [0, 0.05) is 27.6 Å². The lowest BCUT2D eigenvalue weighted by Gasteiger charge is -2.17. The van der Waals surface area contributed by atoms with Gasteiger partial charge in [0.05, 0.1) is 55.5 Å². The number of nitrogens with one attached hydrogen (secondary N) is 1. The predicted octanol–water partition coefficient (Wildman–Crippen LogP) is 5.76. The van der Waals surface area contributed by atoms with Crippen molar-refractivity contribution in [2.24, 2.45) is 0 Å². The summed E-state index contributed by atoms with van der Waals surface area (Å²) in [6.07, 6.45) is -1.35. The molecule has 0 bridgehead atoms. The van der Waals surface area contributed by atoms with Gasteiger partial charge in [-0.1, -0.05) is 16.1 Å². The zero-order chi connectivity index (χ0) is 34.6. The highest BCUT2D eigenvalue weighted by molar-refractivity contribution is 7.95. The van der Waals surface area contributed by atoms with E-state index in [9.17, 15) is 31.3 Å². The minimum Gasteiger partial charge on any atom is -0.455 e. The van der Waals surface area contributed by atoms with E-state index in [1.807, 2.05) is 0 Å². The summed E-state index contributed by atoms with van der Waals surface area (Å²) in [5, 5.41) is 28.6. The number of halogens is 2. The van der Waals surface area contributed by atoms with Crippen molar-refractivity contribution in [2.75, 3.05) is 5.32 Å². The number of hydrogen-bond donors (Lipinski definition) is 4. The van der Waals surface area contributed by atoms with Crippen molar-refractivity contribution in [1.29, 1.82) is 0 Å². The molecule has 250 valence electrons. The fourth-order valence-corrected chi connectivity index (χ4v) is 6.89. The molecule has 0 saturated carbocycles. The minimum atomic E-state index is -4.62. The molecule has 0 amide bonds. The summed E-state index contributed by atoms with van der Waals surface area (Å²) in [4.78, 5) is 34.3. The number of nitrogens with zero attached hydrogens (tertiary/aromatic N) is 3. The number of rotatable bonds is 10. The molecule has 0 aliphatic heterocycles. The maximum Gasteiger partial charge on any atom is 0.313 e. The molecule has 3 aromatic heterocycles. The van der Waals surface area contributed by atoms with Gasteiger partial charge >= 0.3 is 6.08 Å². The molecule has 0 aliphatic carbocycles. The molecular weight excluding hydrogens is 719 g/mol. The highest BCUT2D eigenvalue weighted by Gasteiger charge is 2.24. The Kier molecular flexibility index (Phi) is 8.40. The lowest BCUT2D eigenvalue weighted by atomic mass is 9.96. The third kappa shape index (κ3) is 5.82. The summed E-state index contributed by atoms with van der Waals surface area (Å²) in [6, 6.07) is 12.6. The van der Waals surface area contributed by atoms with Crippen LogP contribution in [0.3, 0.4) is 0 Å². The minimum absolute atomic E-state index is 0.0211. The third-order valence-corrected chi connectivity index (χ3v) is 9.39. The molecule has 4 aromatic carbocycles. The summed E-state index contributed by atoms with van der Waals surface area (Å²) in [7, 11) is -4.62. The fourth-order valence-electron chi connectivity index (χ4n) is 5.41. The standard InChI is InChI=1S/C28H14F2N4O12S3/c29-21-10-22(33-28(30)32-21)31-17-5-1-11(7-19(17)47-45-43-37)34-26(35)14-4-3-13-15-8-12(49(39,40)41)2-6-18(15)42-25-20(48-46-44-38)9-16(27(34)36)23(14)24(13)25/h1-10,37-38H,(H,31,32,33)(H,39,40,41). The van der Waals surface area contributed by atoms with Crippen molar-refractivity contribution in [3.63, 3.8) is 0 Å². The van der Waals surface area contributed by atoms with Gasteiger partial charge in [-0.15, -0.1) is 8.67 Å². The molecule has 4 N–H and O–H groups in total. The number of fused-ring (bicyclic) bond motifs is 2. The summed E-state index contributed by atoms with van der Waals surface area (Å²) < 4.78 is 76.9. The molecule has 0 fully saturated rings. The Balaban J connectivity index is 1.49. The molecule has 7 aromatic rings. The number of benzene rings is 4. The molecule has 0 saturated heterocycles. The van der Waals surface area contributed by atoms with E-state index in [4.69, 9.17) is 14.9 Å². The molecule has 0 atom stereocenters. The van der Waals surface area contributed by atoms with Gasteiger partial charge in [-0.2, -0.15) is 27.2 Å². The van der Waals surface area contributed by atoms with Crippen LogP contribution in [0.15, 0.2) is 89.4 Å². The number of pyridine rings is 1.